The third-order valence-corrected chi connectivity index (χ3v) is 3.89. The lowest BCUT2D eigenvalue weighted by molar-refractivity contribution is 0.0351. The minimum absolute atomic E-state index is 0.185. The summed E-state index contributed by atoms with van der Waals surface area (Å²) in [7, 11) is 2.01. The molecule has 1 aliphatic heterocycles. The van der Waals surface area contributed by atoms with E-state index in [1.165, 1.54) is 6.07 Å². The van der Waals surface area contributed by atoms with Crippen LogP contribution in [-0.4, -0.2) is 39.4 Å². The molecule has 3 nitrogen and oxygen atoms in total. The Morgan fingerprint density at radius 1 is 1.45 bits per heavy atom. The van der Waals surface area contributed by atoms with E-state index in [0.717, 1.165) is 44.8 Å². The van der Waals surface area contributed by atoms with Gasteiger partial charge >= 0.3 is 0 Å². The van der Waals surface area contributed by atoms with Crippen LogP contribution in [0, 0.1) is 11.7 Å². The first-order valence-corrected chi connectivity index (χ1v) is 7.48. The maximum atomic E-state index is 13.3. The van der Waals surface area contributed by atoms with Gasteiger partial charge in [-0.3, -0.25) is 0 Å². The van der Waals surface area contributed by atoms with E-state index in [0.29, 0.717) is 12.0 Å². The summed E-state index contributed by atoms with van der Waals surface area (Å²) < 4.78 is 18.9. The first-order valence-electron chi connectivity index (χ1n) is 7.48. The quantitative estimate of drug-likeness (QED) is 0.867. The molecule has 2 rings (SSSR count). The fourth-order valence-electron chi connectivity index (χ4n) is 2.75. The highest BCUT2D eigenvalue weighted by molar-refractivity contribution is 5.45. The van der Waals surface area contributed by atoms with Crippen molar-refractivity contribution in [2.24, 2.45) is 5.92 Å². The molecule has 4 heteroatoms. The van der Waals surface area contributed by atoms with Crippen LogP contribution in [0.4, 0.5) is 10.1 Å². The minimum atomic E-state index is -0.185. The van der Waals surface area contributed by atoms with E-state index in [2.05, 4.69) is 17.1 Å². The highest BCUT2D eigenvalue weighted by atomic mass is 19.1. The van der Waals surface area contributed by atoms with Crippen LogP contribution < -0.4 is 10.2 Å². The molecule has 112 valence electrons. The molecular weight excluding hydrogens is 255 g/mol. The third-order valence-electron chi connectivity index (χ3n) is 3.89. The molecule has 1 heterocycles. The van der Waals surface area contributed by atoms with E-state index in [4.69, 9.17) is 4.74 Å². The first-order chi connectivity index (χ1) is 9.70. The van der Waals surface area contributed by atoms with Crippen molar-refractivity contribution in [2.75, 3.05) is 38.3 Å². The lowest BCUT2D eigenvalue weighted by Gasteiger charge is -2.35. The highest BCUT2D eigenvalue weighted by Gasteiger charge is 2.26. The summed E-state index contributed by atoms with van der Waals surface area (Å²) in [5, 5.41) is 3.61. The predicted octanol–water partition coefficient (Wildman–Crippen LogP) is 2.67. The van der Waals surface area contributed by atoms with E-state index < -0.39 is 0 Å². The van der Waals surface area contributed by atoms with Crippen molar-refractivity contribution < 1.29 is 9.13 Å². The summed E-state index contributed by atoms with van der Waals surface area (Å²) in [6, 6.07) is 7.26. The molecule has 0 radical (unpaired) electrons. The van der Waals surface area contributed by atoms with Crippen molar-refractivity contribution in [1.29, 1.82) is 0 Å². The molecule has 0 aliphatic carbocycles. The van der Waals surface area contributed by atoms with Gasteiger partial charge in [0.05, 0.1) is 6.61 Å². The van der Waals surface area contributed by atoms with Gasteiger partial charge in [0.1, 0.15) is 5.82 Å². The van der Waals surface area contributed by atoms with Crippen molar-refractivity contribution in [1.82, 2.24) is 5.32 Å². The monoisotopic (exact) mass is 280 g/mol. The third kappa shape index (κ3) is 4.18. The zero-order valence-corrected chi connectivity index (χ0v) is 12.4. The zero-order chi connectivity index (χ0) is 14.4. The van der Waals surface area contributed by atoms with Gasteiger partial charge in [0.15, 0.2) is 0 Å². The van der Waals surface area contributed by atoms with Crippen molar-refractivity contribution >= 4 is 5.69 Å². The average molecular weight is 280 g/mol. The number of hydrogen-bond acceptors (Lipinski definition) is 3. The van der Waals surface area contributed by atoms with E-state index in [9.17, 15) is 4.39 Å². The molecule has 1 aromatic carbocycles. The molecule has 1 fully saturated rings. The number of ether oxygens (including phenoxy) is 1. The molecular formula is C16H25FN2O. The van der Waals surface area contributed by atoms with Gasteiger partial charge in [0.25, 0.3) is 0 Å². The molecule has 0 spiro atoms. The van der Waals surface area contributed by atoms with Crippen LogP contribution in [0.1, 0.15) is 19.8 Å². The predicted molar refractivity (Wildman–Crippen MR) is 80.7 cm³/mol. The van der Waals surface area contributed by atoms with Crippen molar-refractivity contribution in [3.63, 3.8) is 0 Å². The molecule has 1 saturated heterocycles. The number of halogens is 1. The molecule has 2 unspecified atom stereocenters. The Bertz CT molecular complexity index is 413. The minimum Gasteiger partial charge on any atom is -0.381 e. The molecule has 1 aliphatic rings. The number of hydrogen-bond donors (Lipinski definition) is 1. The second-order valence-electron chi connectivity index (χ2n) is 5.54. The summed E-state index contributed by atoms with van der Waals surface area (Å²) >= 11 is 0. The Kier molecular flexibility index (Phi) is 5.80. The lowest BCUT2D eigenvalue weighted by atomic mass is 9.95. The molecule has 1 N–H and O–H groups in total. The van der Waals surface area contributed by atoms with Crippen LogP contribution in [0.2, 0.25) is 0 Å². The topological polar surface area (TPSA) is 24.5 Å². The van der Waals surface area contributed by atoms with Gasteiger partial charge in [-0.05, 0) is 37.6 Å². The number of nitrogens with one attached hydrogen (secondary N) is 1. The summed E-state index contributed by atoms with van der Waals surface area (Å²) in [4.78, 5) is 2.11. The van der Waals surface area contributed by atoms with E-state index in [1.54, 1.807) is 12.1 Å². The van der Waals surface area contributed by atoms with Gasteiger partial charge in [-0.1, -0.05) is 13.0 Å². The Hall–Kier alpha value is -1.13. The van der Waals surface area contributed by atoms with Gasteiger partial charge in [-0.25, -0.2) is 4.39 Å². The number of rotatable bonds is 6. The van der Waals surface area contributed by atoms with Crippen molar-refractivity contribution in [3.8, 4) is 0 Å². The van der Waals surface area contributed by atoms with E-state index in [1.807, 2.05) is 13.1 Å². The highest BCUT2D eigenvalue weighted by Crippen LogP contribution is 2.20. The Labute approximate surface area is 121 Å². The summed E-state index contributed by atoms with van der Waals surface area (Å²) in [6.45, 7) is 5.72. The number of nitrogens with zero attached hydrogens (tertiary/aromatic N) is 1. The van der Waals surface area contributed by atoms with Crippen LogP contribution in [0.3, 0.4) is 0 Å². The number of anilines is 1. The van der Waals surface area contributed by atoms with Gasteiger partial charge in [-0.2, -0.15) is 0 Å². The SMILES string of the molecule is CCCNC1CCOCC1CN(C)c1cccc(F)c1. The van der Waals surface area contributed by atoms with Gasteiger partial charge in [0, 0.05) is 37.8 Å². The largest absolute Gasteiger partial charge is 0.381 e. The molecule has 0 saturated carbocycles. The molecule has 2 atom stereocenters. The maximum Gasteiger partial charge on any atom is 0.125 e. The van der Waals surface area contributed by atoms with Gasteiger partial charge in [-0.15, -0.1) is 0 Å². The molecule has 1 aromatic rings. The molecule has 0 aromatic heterocycles. The standard InChI is InChI=1S/C16H25FN2O/c1-3-8-18-16-7-9-20-12-13(16)11-19(2)15-6-4-5-14(17)10-15/h4-6,10,13,16,18H,3,7-9,11-12H2,1-2H3. The number of benzene rings is 1. The van der Waals surface area contributed by atoms with Crippen LogP contribution in [0.25, 0.3) is 0 Å². The fraction of sp³-hybridized carbons (Fsp3) is 0.625. The summed E-state index contributed by atoms with van der Waals surface area (Å²) in [5.41, 5.74) is 0.921. The molecule has 0 amide bonds. The van der Waals surface area contributed by atoms with Crippen LogP contribution in [-0.2, 0) is 4.74 Å². The van der Waals surface area contributed by atoms with Gasteiger partial charge in [0.2, 0.25) is 0 Å². The van der Waals surface area contributed by atoms with Crippen LogP contribution >= 0.6 is 0 Å². The second-order valence-corrected chi connectivity index (χ2v) is 5.54. The average Bonchev–Trinajstić information content (AvgIpc) is 2.46. The summed E-state index contributed by atoms with van der Waals surface area (Å²) in [6.07, 6.45) is 2.20. The molecule has 20 heavy (non-hydrogen) atoms. The summed E-state index contributed by atoms with van der Waals surface area (Å²) in [5.74, 6) is 0.262. The smallest absolute Gasteiger partial charge is 0.125 e. The maximum absolute atomic E-state index is 13.3. The second kappa shape index (κ2) is 7.60. The van der Waals surface area contributed by atoms with E-state index >= 15 is 0 Å². The lowest BCUT2D eigenvalue weighted by Crippen LogP contribution is -2.47. The Morgan fingerprint density at radius 2 is 2.30 bits per heavy atom. The Morgan fingerprint density at radius 3 is 3.05 bits per heavy atom. The first kappa shape index (κ1) is 15.3. The zero-order valence-electron chi connectivity index (χ0n) is 12.4. The van der Waals surface area contributed by atoms with Crippen LogP contribution in [0.15, 0.2) is 24.3 Å². The normalized spacial score (nSPS) is 22.8. The Balaban J connectivity index is 1.95. The molecule has 0 bridgehead atoms. The van der Waals surface area contributed by atoms with Crippen molar-refractivity contribution in [2.45, 2.75) is 25.8 Å². The van der Waals surface area contributed by atoms with Crippen molar-refractivity contribution in [3.05, 3.63) is 30.1 Å². The fourth-order valence-corrected chi connectivity index (χ4v) is 2.75. The van der Waals surface area contributed by atoms with Gasteiger partial charge < -0.3 is 15.0 Å². The van der Waals surface area contributed by atoms with Crippen LogP contribution in [0.5, 0.6) is 0 Å². The van der Waals surface area contributed by atoms with E-state index in [-0.39, 0.29) is 5.82 Å².